The number of rotatable bonds is 4. The summed E-state index contributed by atoms with van der Waals surface area (Å²) in [7, 11) is 1.55. The number of hydrogen-bond donors (Lipinski definition) is 1. The first kappa shape index (κ1) is 14.8. The first-order valence-electron chi connectivity index (χ1n) is 7.06. The Kier molecular flexibility index (Phi) is 3.84. The van der Waals surface area contributed by atoms with Crippen LogP contribution in [0.1, 0.15) is 11.1 Å². The second kappa shape index (κ2) is 5.96. The van der Waals surface area contributed by atoms with Crippen LogP contribution in [0, 0.1) is 6.92 Å². The number of tetrazole rings is 1. The fraction of sp³-hybridized carbons (Fsp3) is 0.188. The average Bonchev–Trinajstić information content (AvgIpc) is 2.86. The molecule has 23 heavy (non-hydrogen) atoms. The highest BCUT2D eigenvalue weighted by atomic mass is 16.5. The molecule has 0 radical (unpaired) electrons. The van der Waals surface area contributed by atoms with Crippen molar-refractivity contribution in [1.29, 1.82) is 0 Å². The zero-order chi connectivity index (χ0) is 16.4. The van der Waals surface area contributed by atoms with Crippen LogP contribution < -0.4 is 10.4 Å². The van der Waals surface area contributed by atoms with E-state index in [-0.39, 0.29) is 18.0 Å². The van der Waals surface area contributed by atoms with E-state index in [1.165, 1.54) is 9.36 Å². The van der Waals surface area contributed by atoms with Gasteiger partial charge in [0.15, 0.2) is 0 Å². The van der Waals surface area contributed by atoms with Crippen molar-refractivity contribution in [2.24, 2.45) is 7.05 Å². The summed E-state index contributed by atoms with van der Waals surface area (Å²) in [6.07, 6.45) is 0. The van der Waals surface area contributed by atoms with Crippen LogP contribution in [-0.4, -0.2) is 24.9 Å². The molecule has 7 heteroatoms. The molecule has 1 heterocycles. The normalized spacial score (nSPS) is 10.7. The van der Waals surface area contributed by atoms with Gasteiger partial charge in [-0.2, -0.15) is 9.36 Å². The first-order chi connectivity index (χ1) is 11.1. The Morgan fingerprint density at radius 3 is 2.65 bits per heavy atom. The van der Waals surface area contributed by atoms with E-state index in [9.17, 15) is 9.90 Å². The zero-order valence-electron chi connectivity index (χ0n) is 12.8. The van der Waals surface area contributed by atoms with Crippen molar-refractivity contribution in [3.05, 3.63) is 64.1 Å². The number of phenolic OH excluding ortho intramolecular Hbond substituents is 1. The van der Waals surface area contributed by atoms with Crippen LogP contribution in [-0.2, 0) is 13.7 Å². The maximum atomic E-state index is 12.0. The highest BCUT2D eigenvalue weighted by Crippen LogP contribution is 2.24. The van der Waals surface area contributed by atoms with Crippen molar-refractivity contribution in [2.75, 3.05) is 0 Å². The van der Waals surface area contributed by atoms with Crippen molar-refractivity contribution in [2.45, 2.75) is 13.5 Å². The monoisotopic (exact) mass is 312 g/mol. The molecule has 2 aromatic carbocycles. The lowest BCUT2D eigenvalue weighted by atomic mass is 10.2. The van der Waals surface area contributed by atoms with Gasteiger partial charge in [-0.15, -0.1) is 0 Å². The summed E-state index contributed by atoms with van der Waals surface area (Å²) < 4.78 is 8.21. The van der Waals surface area contributed by atoms with E-state index < -0.39 is 0 Å². The molecule has 0 saturated carbocycles. The highest BCUT2D eigenvalue weighted by molar-refractivity contribution is 5.41. The number of aromatic hydroxyl groups is 1. The largest absolute Gasteiger partial charge is 0.508 e. The number of benzene rings is 2. The Bertz CT molecular complexity index is 898. The Labute approximate surface area is 132 Å². The van der Waals surface area contributed by atoms with Crippen LogP contribution in [0.5, 0.6) is 11.5 Å². The maximum Gasteiger partial charge on any atom is 0.368 e. The van der Waals surface area contributed by atoms with Crippen LogP contribution in [0.25, 0.3) is 5.69 Å². The van der Waals surface area contributed by atoms with Crippen LogP contribution in [0.3, 0.4) is 0 Å². The molecule has 7 nitrogen and oxygen atoms in total. The minimum absolute atomic E-state index is 0.196. The van der Waals surface area contributed by atoms with Crippen molar-refractivity contribution in [3.8, 4) is 17.2 Å². The summed E-state index contributed by atoms with van der Waals surface area (Å²) in [6.45, 7) is 2.12. The molecule has 0 atom stereocenters. The Morgan fingerprint density at radius 2 is 1.96 bits per heavy atom. The van der Waals surface area contributed by atoms with Gasteiger partial charge in [-0.25, -0.2) is 4.79 Å². The number of ether oxygens (including phenoxy) is 1. The summed E-state index contributed by atoms with van der Waals surface area (Å²) >= 11 is 0. The lowest BCUT2D eigenvalue weighted by Gasteiger charge is -2.12. The van der Waals surface area contributed by atoms with E-state index in [0.29, 0.717) is 11.4 Å². The molecule has 1 N–H and O–H groups in total. The second-order valence-corrected chi connectivity index (χ2v) is 5.16. The van der Waals surface area contributed by atoms with Gasteiger partial charge in [-0.3, -0.25) is 0 Å². The topological polar surface area (TPSA) is 82.2 Å². The van der Waals surface area contributed by atoms with Crippen molar-refractivity contribution in [3.63, 3.8) is 0 Å². The summed E-state index contributed by atoms with van der Waals surface area (Å²) in [5.74, 6) is 0.866. The Balaban J connectivity index is 1.89. The number of para-hydroxylation sites is 1. The fourth-order valence-corrected chi connectivity index (χ4v) is 2.26. The van der Waals surface area contributed by atoms with E-state index in [4.69, 9.17) is 4.74 Å². The van der Waals surface area contributed by atoms with Gasteiger partial charge in [0.05, 0.1) is 5.69 Å². The maximum absolute atomic E-state index is 12.0. The molecule has 0 spiro atoms. The number of nitrogens with zero attached hydrogens (tertiary/aromatic N) is 4. The van der Waals surface area contributed by atoms with Crippen LogP contribution in [0.15, 0.2) is 47.3 Å². The van der Waals surface area contributed by atoms with E-state index in [1.54, 1.807) is 31.3 Å². The van der Waals surface area contributed by atoms with Crippen LogP contribution >= 0.6 is 0 Å². The van der Waals surface area contributed by atoms with Gasteiger partial charge in [0.1, 0.15) is 18.1 Å². The lowest BCUT2D eigenvalue weighted by Crippen LogP contribution is -2.23. The SMILES string of the molecule is Cc1cc(O)ccc1OCc1ccccc1-n1nnn(C)c1=O. The Hall–Kier alpha value is -3.09. The van der Waals surface area contributed by atoms with Gasteiger partial charge in [0.2, 0.25) is 0 Å². The summed E-state index contributed by atoms with van der Waals surface area (Å²) in [5, 5.41) is 17.0. The van der Waals surface area contributed by atoms with E-state index in [2.05, 4.69) is 10.4 Å². The molecular weight excluding hydrogens is 296 g/mol. The van der Waals surface area contributed by atoms with Crippen LogP contribution in [0.4, 0.5) is 0 Å². The van der Waals surface area contributed by atoms with Crippen molar-refractivity contribution in [1.82, 2.24) is 19.8 Å². The van der Waals surface area contributed by atoms with Gasteiger partial charge in [0, 0.05) is 12.6 Å². The molecule has 0 bridgehead atoms. The molecule has 118 valence electrons. The number of aryl methyl sites for hydroxylation is 2. The summed E-state index contributed by atoms with van der Waals surface area (Å²) in [4.78, 5) is 12.0. The lowest BCUT2D eigenvalue weighted by molar-refractivity contribution is 0.303. The highest BCUT2D eigenvalue weighted by Gasteiger charge is 2.11. The molecule has 1 aromatic heterocycles. The molecule has 3 rings (SSSR count). The molecule has 0 aliphatic rings. The molecule has 0 unspecified atom stereocenters. The average molecular weight is 312 g/mol. The van der Waals surface area contributed by atoms with E-state index in [1.807, 2.05) is 25.1 Å². The second-order valence-electron chi connectivity index (χ2n) is 5.16. The summed E-state index contributed by atoms with van der Waals surface area (Å²) in [5.41, 5.74) is 1.95. The molecule has 0 aliphatic carbocycles. The van der Waals surface area contributed by atoms with Gasteiger partial charge in [-0.1, -0.05) is 18.2 Å². The van der Waals surface area contributed by atoms with Gasteiger partial charge >= 0.3 is 5.69 Å². The molecule has 0 saturated heterocycles. The molecule has 0 amide bonds. The third-order valence-electron chi connectivity index (χ3n) is 3.48. The standard InChI is InChI=1S/C16H16N4O3/c1-11-9-13(21)7-8-15(11)23-10-12-5-3-4-6-14(12)20-16(22)19(2)17-18-20/h3-9,21H,10H2,1-2H3. The van der Waals surface area contributed by atoms with Crippen LogP contribution in [0.2, 0.25) is 0 Å². The predicted octanol–water partition coefficient (Wildman–Crippen LogP) is 1.56. The minimum Gasteiger partial charge on any atom is -0.508 e. The molecule has 0 fully saturated rings. The third-order valence-corrected chi connectivity index (χ3v) is 3.48. The van der Waals surface area contributed by atoms with E-state index in [0.717, 1.165) is 11.1 Å². The van der Waals surface area contributed by atoms with Gasteiger partial charge < -0.3 is 9.84 Å². The molecular formula is C16H16N4O3. The number of hydrogen-bond acceptors (Lipinski definition) is 5. The quantitative estimate of drug-likeness (QED) is 0.790. The molecule has 0 aliphatic heterocycles. The number of aromatic nitrogens is 4. The summed E-state index contributed by atoms with van der Waals surface area (Å²) in [6, 6.07) is 12.3. The fourth-order valence-electron chi connectivity index (χ4n) is 2.26. The van der Waals surface area contributed by atoms with Crippen molar-refractivity contribution < 1.29 is 9.84 Å². The Morgan fingerprint density at radius 1 is 1.17 bits per heavy atom. The van der Waals surface area contributed by atoms with Gasteiger partial charge in [-0.05, 0) is 47.2 Å². The van der Waals surface area contributed by atoms with E-state index >= 15 is 0 Å². The third kappa shape index (κ3) is 2.94. The first-order valence-corrected chi connectivity index (χ1v) is 7.06. The smallest absolute Gasteiger partial charge is 0.368 e. The molecule has 3 aromatic rings. The predicted molar refractivity (Wildman–Crippen MR) is 83.8 cm³/mol. The zero-order valence-corrected chi connectivity index (χ0v) is 12.8. The van der Waals surface area contributed by atoms with Crippen molar-refractivity contribution >= 4 is 0 Å². The van der Waals surface area contributed by atoms with Gasteiger partial charge in [0.25, 0.3) is 0 Å². The minimum atomic E-state index is -0.321. The number of phenols is 1.